The maximum absolute atomic E-state index is 12.5. The molecule has 0 aromatic rings. The molecule has 1 amide bonds. The molecule has 2 rings (SSSR count). The van der Waals surface area contributed by atoms with Gasteiger partial charge in [-0.1, -0.05) is 19.3 Å². The molecule has 0 radical (unpaired) electrons. The predicted molar refractivity (Wildman–Crippen MR) is 96.4 cm³/mol. The van der Waals surface area contributed by atoms with Crippen molar-refractivity contribution >= 4 is 23.2 Å². The zero-order valence-corrected chi connectivity index (χ0v) is 15.2. The number of piperazine rings is 1. The monoisotopic (exact) mass is 341 g/mol. The molecule has 1 saturated heterocycles. The summed E-state index contributed by atoms with van der Waals surface area (Å²) in [6.07, 6.45) is 6.85. The van der Waals surface area contributed by atoms with Gasteiger partial charge in [-0.2, -0.15) is 0 Å². The molecular weight excluding hydrogens is 310 g/mol. The first-order valence-electron chi connectivity index (χ1n) is 9.11. The zero-order valence-electron chi connectivity index (χ0n) is 14.4. The molecule has 0 unspecified atom stereocenters. The second kappa shape index (κ2) is 10.1. The van der Waals surface area contributed by atoms with Crippen LogP contribution in [-0.4, -0.2) is 66.8 Å². The van der Waals surface area contributed by atoms with Crippen LogP contribution < -0.4 is 5.32 Å². The van der Waals surface area contributed by atoms with Gasteiger partial charge in [-0.05, 0) is 38.4 Å². The number of amides is 1. The highest BCUT2D eigenvalue weighted by Crippen LogP contribution is 2.25. The number of carbonyl (C=O) groups is 1. The highest BCUT2D eigenvalue weighted by Gasteiger charge is 2.28. The number of ether oxygens (including phenoxy) is 1. The third kappa shape index (κ3) is 5.92. The van der Waals surface area contributed by atoms with Gasteiger partial charge in [-0.25, -0.2) is 0 Å². The molecule has 23 heavy (non-hydrogen) atoms. The van der Waals surface area contributed by atoms with Crippen molar-refractivity contribution in [2.45, 2.75) is 45.4 Å². The molecule has 6 heteroatoms. The van der Waals surface area contributed by atoms with Crippen LogP contribution in [0.2, 0.25) is 0 Å². The first kappa shape index (κ1) is 18.5. The van der Waals surface area contributed by atoms with Gasteiger partial charge in [0.2, 0.25) is 5.91 Å². The summed E-state index contributed by atoms with van der Waals surface area (Å²) >= 11 is 5.45. The van der Waals surface area contributed by atoms with E-state index in [0.29, 0.717) is 5.91 Å². The van der Waals surface area contributed by atoms with Crippen LogP contribution in [0.15, 0.2) is 0 Å². The van der Waals surface area contributed by atoms with Crippen LogP contribution in [-0.2, 0) is 9.53 Å². The fraction of sp³-hybridized carbons (Fsp3) is 0.882. The standard InChI is InChI=1S/C17H31N3O2S/c1-2-22-14-6-9-18-17(23)20-12-10-19(11-13-20)16(21)15-7-4-3-5-8-15/h15H,2-14H2,1H3,(H,18,23). The van der Waals surface area contributed by atoms with E-state index >= 15 is 0 Å². The Morgan fingerprint density at radius 2 is 1.78 bits per heavy atom. The Morgan fingerprint density at radius 3 is 2.43 bits per heavy atom. The van der Waals surface area contributed by atoms with Crippen molar-refractivity contribution in [3.63, 3.8) is 0 Å². The second-order valence-corrected chi connectivity index (χ2v) is 6.82. The minimum atomic E-state index is 0.277. The summed E-state index contributed by atoms with van der Waals surface area (Å²) in [7, 11) is 0. The molecule has 0 aromatic heterocycles. The SMILES string of the molecule is CCOCCCNC(=S)N1CCN(C(=O)C2CCCCC2)CC1. The summed E-state index contributed by atoms with van der Waals surface area (Å²) in [5, 5.41) is 4.10. The third-order valence-corrected chi connectivity index (χ3v) is 5.18. The van der Waals surface area contributed by atoms with Gasteiger partial charge in [0.25, 0.3) is 0 Å². The van der Waals surface area contributed by atoms with Crippen LogP contribution in [0.4, 0.5) is 0 Å². The molecule has 0 bridgehead atoms. The van der Waals surface area contributed by atoms with Gasteiger partial charge >= 0.3 is 0 Å². The Balaban J connectivity index is 1.64. The maximum Gasteiger partial charge on any atom is 0.225 e. The highest BCUT2D eigenvalue weighted by molar-refractivity contribution is 7.80. The van der Waals surface area contributed by atoms with E-state index in [1.165, 1.54) is 19.3 Å². The van der Waals surface area contributed by atoms with Crippen LogP contribution >= 0.6 is 12.2 Å². The summed E-state index contributed by atoms with van der Waals surface area (Å²) in [6, 6.07) is 0. The first-order chi connectivity index (χ1) is 11.2. The topological polar surface area (TPSA) is 44.8 Å². The maximum atomic E-state index is 12.5. The first-order valence-corrected chi connectivity index (χ1v) is 9.52. The Bertz CT molecular complexity index is 378. The van der Waals surface area contributed by atoms with Crippen molar-refractivity contribution in [1.82, 2.24) is 15.1 Å². The molecule has 0 spiro atoms. The summed E-state index contributed by atoms with van der Waals surface area (Å²) < 4.78 is 5.32. The lowest BCUT2D eigenvalue weighted by Gasteiger charge is -2.38. The predicted octanol–water partition coefficient (Wildman–Crippen LogP) is 2.01. The van der Waals surface area contributed by atoms with E-state index in [9.17, 15) is 4.79 Å². The Kier molecular flexibility index (Phi) is 8.09. The van der Waals surface area contributed by atoms with Crippen molar-refractivity contribution < 1.29 is 9.53 Å². The van der Waals surface area contributed by atoms with E-state index in [1.807, 2.05) is 11.8 Å². The molecule has 1 aliphatic carbocycles. The number of hydrogen-bond donors (Lipinski definition) is 1. The van der Waals surface area contributed by atoms with Crippen molar-refractivity contribution in [1.29, 1.82) is 0 Å². The van der Waals surface area contributed by atoms with Crippen molar-refractivity contribution in [3.05, 3.63) is 0 Å². The Morgan fingerprint density at radius 1 is 1.13 bits per heavy atom. The molecule has 1 saturated carbocycles. The average Bonchev–Trinajstić information content (AvgIpc) is 2.61. The van der Waals surface area contributed by atoms with E-state index in [2.05, 4.69) is 10.2 Å². The second-order valence-electron chi connectivity index (χ2n) is 6.43. The largest absolute Gasteiger partial charge is 0.382 e. The van der Waals surface area contributed by atoms with Crippen molar-refractivity contribution in [3.8, 4) is 0 Å². The van der Waals surface area contributed by atoms with E-state index in [-0.39, 0.29) is 5.92 Å². The van der Waals surface area contributed by atoms with Gasteiger partial charge in [-0.15, -0.1) is 0 Å². The summed E-state index contributed by atoms with van der Waals surface area (Å²) in [5.74, 6) is 0.652. The molecule has 132 valence electrons. The van der Waals surface area contributed by atoms with Gasteiger partial charge in [0.05, 0.1) is 0 Å². The van der Waals surface area contributed by atoms with Crippen molar-refractivity contribution in [2.75, 3.05) is 45.9 Å². The van der Waals surface area contributed by atoms with Gasteiger partial charge < -0.3 is 19.9 Å². The summed E-state index contributed by atoms with van der Waals surface area (Å²) in [5.41, 5.74) is 0. The summed E-state index contributed by atoms with van der Waals surface area (Å²) in [6.45, 7) is 7.68. The zero-order chi connectivity index (χ0) is 16.5. The van der Waals surface area contributed by atoms with E-state index in [0.717, 1.165) is 70.3 Å². The fourth-order valence-corrected chi connectivity index (χ4v) is 3.65. The number of carbonyl (C=O) groups excluding carboxylic acids is 1. The van der Waals surface area contributed by atoms with Crippen LogP contribution in [0.25, 0.3) is 0 Å². The van der Waals surface area contributed by atoms with Gasteiger partial charge in [-0.3, -0.25) is 4.79 Å². The average molecular weight is 342 g/mol. The van der Waals surface area contributed by atoms with Crippen LogP contribution in [0.3, 0.4) is 0 Å². The van der Waals surface area contributed by atoms with Gasteiger partial charge in [0.15, 0.2) is 5.11 Å². The van der Waals surface area contributed by atoms with Crippen molar-refractivity contribution in [2.24, 2.45) is 5.92 Å². The lowest BCUT2D eigenvalue weighted by molar-refractivity contribution is -0.137. The molecule has 5 nitrogen and oxygen atoms in total. The molecule has 2 aliphatic rings. The number of thiocarbonyl (C=S) groups is 1. The van der Waals surface area contributed by atoms with Crippen LogP contribution in [0.1, 0.15) is 45.4 Å². The molecule has 2 fully saturated rings. The lowest BCUT2D eigenvalue weighted by Crippen LogP contribution is -2.54. The highest BCUT2D eigenvalue weighted by atomic mass is 32.1. The minimum absolute atomic E-state index is 0.277. The summed E-state index contributed by atoms with van der Waals surface area (Å²) in [4.78, 5) is 16.8. The number of nitrogens with zero attached hydrogens (tertiary/aromatic N) is 2. The molecule has 0 atom stereocenters. The van der Waals surface area contributed by atoms with Gasteiger partial charge in [0, 0.05) is 51.9 Å². The fourth-order valence-electron chi connectivity index (χ4n) is 3.36. The Labute approximate surface area is 145 Å². The smallest absolute Gasteiger partial charge is 0.225 e. The van der Waals surface area contributed by atoms with Gasteiger partial charge in [0.1, 0.15) is 0 Å². The number of rotatable bonds is 6. The number of hydrogen-bond acceptors (Lipinski definition) is 3. The van der Waals surface area contributed by atoms with E-state index < -0.39 is 0 Å². The molecule has 0 aromatic carbocycles. The quantitative estimate of drug-likeness (QED) is 0.591. The van der Waals surface area contributed by atoms with Crippen LogP contribution in [0, 0.1) is 5.92 Å². The normalized spacial score (nSPS) is 19.7. The third-order valence-electron chi connectivity index (χ3n) is 4.78. The minimum Gasteiger partial charge on any atom is -0.382 e. The van der Waals surface area contributed by atoms with Crippen LogP contribution in [0.5, 0.6) is 0 Å². The number of nitrogens with one attached hydrogen (secondary N) is 1. The van der Waals surface area contributed by atoms with E-state index in [4.69, 9.17) is 17.0 Å². The molecule has 1 aliphatic heterocycles. The lowest BCUT2D eigenvalue weighted by atomic mass is 9.88. The van der Waals surface area contributed by atoms with E-state index in [1.54, 1.807) is 0 Å². The Hall–Kier alpha value is -0.880. The molecule has 1 N–H and O–H groups in total. The molecular formula is C17H31N3O2S. The molecule has 1 heterocycles.